The van der Waals surface area contributed by atoms with Crippen LogP contribution in [0.15, 0.2) is 41.8 Å². The van der Waals surface area contributed by atoms with Crippen molar-refractivity contribution in [2.45, 2.75) is 19.6 Å². The maximum Gasteiger partial charge on any atom is 0.194 e. The molecule has 0 aliphatic carbocycles. The summed E-state index contributed by atoms with van der Waals surface area (Å²) in [5.41, 5.74) is 4.21. The number of pyridine rings is 1. The maximum atomic E-state index is 5.92. The Morgan fingerprint density at radius 2 is 2.26 bits per heavy atom. The average molecular weight is 367 g/mol. The van der Waals surface area contributed by atoms with Crippen LogP contribution in [-0.4, -0.2) is 56.8 Å². The van der Waals surface area contributed by atoms with Crippen LogP contribution in [0.5, 0.6) is 0 Å². The van der Waals surface area contributed by atoms with E-state index in [1.54, 1.807) is 4.68 Å². The van der Waals surface area contributed by atoms with E-state index < -0.39 is 0 Å². The molecule has 0 amide bonds. The third-order valence-corrected chi connectivity index (χ3v) is 4.85. The van der Waals surface area contributed by atoms with Crippen molar-refractivity contribution in [3.63, 3.8) is 0 Å². The Hall–Kier alpha value is -2.87. The lowest BCUT2D eigenvalue weighted by Crippen LogP contribution is -2.47. The van der Waals surface area contributed by atoms with Gasteiger partial charge in [-0.1, -0.05) is 6.07 Å². The zero-order valence-corrected chi connectivity index (χ0v) is 16.0. The Morgan fingerprint density at radius 3 is 3.00 bits per heavy atom. The van der Waals surface area contributed by atoms with Crippen LogP contribution in [0.2, 0.25) is 0 Å². The molecule has 1 unspecified atom stereocenters. The Labute approximate surface area is 158 Å². The molecular formula is C19H25N7O. The lowest BCUT2D eigenvalue weighted by Gasteiger charge is -2.34. The van der Waals surface area contributed by atoms with Crippen molar-refractivity contribution >= 4 is 11.6 Å². The SMILES string of the molecule is CN=C(NCc1cn2c(C)cccc2n1)N1CCOC(c2cnn(C)c2)C1. The van der Waals surface area contributed by atoms with Gasteiger partial charge in [0, 0.05) is 44.3 Å². The van der Waals surface area contributed by atoms with Crippen LogP contribution in [-0.2, 0) is 18.3 Å². The third-order valence-electron chi connectivity index (χ3n) is 4.85. The molecule has 1 aliphatic rings. The molecule has 3 aromatic rings. The average Bonchev–Trinajstić information content (AvgIpc) is 3.29. The molecule has 27 heavy (non-hydrogen) atoms. The van der Waals surface area contributed by atoms with E-state index in [0.29, 0.717) is 13.2 Å². The number of rotatable bonds is 3. The monoisotopic (exact) mass is 367 g/mol. The molecule has 142 valence electrons. The molecule has 8 heteroatoms. The van der Waals surface area contributed by atoms with Gasteiger partial charge in [-0.3, -0.25) is 9.67 Å². The Morgan fingerprint density at radius 1 is 1.37 bits per heavy atom. The highest BCUT2D eigenvalue weighted by atomic mass is 16.5. The van der Waals surface area contributed by atoms with Crippen molar-refractivity contribution in [2.24, 2.45) is 12.0 Å². The summed E-state index contributed by atoms with van der Waals surface area (Å²) in [7, 11) is 3.73. The smallest absolute Gasteiger partial charge is 0.194 e. The molecule has 4 heterocycles. The van der Waals surface area contributed by atoms with E-state index in [-0.39, 0.29) is 6.10 Å². The molecule has 0 spiro atoms. The Balaban J connectivity index is 1.43. The summed E-state index contributed by atoms with van der Waals surface area (Å²) < 4.78 is 9.83. The predicted molar refractivity (Wildman–Crippen MR) is 104 cm³/mol. The second-order valence-electron chi connectivity index (χ2n) is 6.78. The number of hydrogen-bond acceptors (Lipinski definition) is 4. The van der Waals surface area contributed by atoms with Gasteiger partial charge in [0.15, 0.2) is 5.96 Å². The first-order chi connectivity index (χ1) is 13.1. The number of aromatic nitrogens is 4. The number of aryl methyl sites for hydroxylation is 2. The summed E-state index contributed by atoms with van der Waals surface area (Å²) in [6.45, 7) is 4.92. The highest BCUT2D eigenvalue weighted by Gasteiger charge is 2.25. The Bertz CT molecular complexity index is 958. The van der Waals surface area contributed by atoms with Gasteiger partial charge >= 0.3 is 0 Å². The summed E-state index contributed by atoms with van der Waals surface area (Å²) in [6, 6.07) is 6.13. The molecule has 0 aromatic carbocycles. The van der Waals surface area contributed by atoms with E-state index in [9.17, 15) is 0 Å². The molecule has 1 N–H and O–H groups in total. The van der Waals surface area contributed by atoms with Crippen LogP contribution in [0, 0.1) is 6.92 Å². The van der Waals surface area contributed by atoms with Crippen LogP contribution in [0.4, 0.5) is 0 Å². The minimum Gasteiger partial charge on any atom is -0.370 e. The molecule has 1 atom stereocenters. The summed E-state index contributed by atoms with van der Waals surface area (Å²) in [6.07, 6.45) is 5.94. The molecule has 3 aromatic heterocycles. The van der Waals surface area contributed by atoms with E-state index in [4.69, 9.17) is 4.74 Å². The lowest BCUT2D eigenvalue weighted by molar-refractivity contribution is -0.00805. The molecule has 1 aliphatic heterocycles. The highest BCUT2D eigenvalue weighted by Crippen LogP contribution is 2.21. The summed E-state index contributed by atoms with van der Waals surface area (Å²) in [5.74, 6) is 0.862. The molecule has 1 fully saturated rings. The normalized spacial score (nSPS) is 18.3. The summed E-state index contributed by atoms with van der Waals surface area (Å²) in [5, 5.41) is 7.68. The fraction of sp³-hybridized carbons (Fsp3) is 0.421. The topological polar surface area (TPSA) is 72.0 Å². The lowest BCUT2D eigenvalue weighted by atomic mass is 10.1. The van der Waals surface area contributed by atoms with Gasteiger partial charge in [0.05, 0.1) is 31.6 Å². The standard InChI is InChI=1S/C19H25N7O/c1-14-5-4-6-18-23-16(12-26(14)18)10-21-19(20-2)25-7-8-27-17(13-25)15-9-22-24(3)11-15/h4-6,9,11-12,17H,7-8,10,13H2,1-3H3,(H,20,21). The number of nitrogens with one attached hydrogen (secondary N) is 1. The highest BCUT2D eigenvalue weighted by molar-refractivity contribution is 5.80. The van der Waals surface area contributed by atoms with Gasteiger partial charge in [0.25, 0.3) is 0 Å². The van der Waals surface area contributed by atoms with Gasteiger partial charge in [0.2, 0.25) is 0 Å². The minimum atomic E-state index is 0.00356. The molecule has 8 nitrogen and oxygen atoms in total. The van der Waals surface area contributed by atoms with Crippen molar-refractivity contribution < 1.29 is 4.74 Å². The number of hydrogen-bond donors (Lipinski definition) is 1. The summed E-state index contributed by atoms with van der Waals surface area (Å²) in [4.78, 5) is 11.4. The van der Waals surface area contributed by atoms with Crippen LogP contribution in [0.25, 0.3) is 5.65 Å². The zero-order valence-electron chi connectivity index (χ0n) is 16.0. The van der Waals surface area contributed by atoms with Crippen molar-refractivity contribution in [3.05, 3.63) is 53.7 Å². The largest absolute Gasteiger partial charge is 0.370 e. The van der Waals surface area contributed by atoms with Crippen molar-refractivity contribution in [1.29, 1.82) is 0 Å². The van der Waals surface area contributed by atoms with E-state index in [2.05, 4.69) is 48.9 Å². The van der Waals surface area contributed by atoms with Crippen LogP contribution < -0.4 is 5.32 Å². The number of ether oxygens (including phenoxy) is 1. The first kappa shape index (κ1) is 17.5. The van der Waals surface area contributed by atoms with Gasteiger partial charge in [0.1, 0.15) is 11.8 Å². The quantitative estimate of drug-likeness (QED) is 0.561. The first-order valence-corrected chi connectivity index (χ1v) is 9.13. The van der Waals surface area contributed by atoms with Crippen molar-refractivity contribution in [2.75, 3.05) is 26.7 Å². The number of aliphatic imine (C=N–C) groups is 1. The second kappa shape index (κ2) is 7.40. The molecule has 0 bridgehead atoms. The third kappa shape index (κ3) is 3.66. The molecular weight excluding hydrogens is 342 g/mol. The number of fused-ring (bicyclic) bond motifs is 1. The number of imidazole rings is 1. The Kier molecular flexibility index (Phi) is 4.81. The van der Waals surface area contributed by atoms with Gasteiger partial charge in [-0.05, 0) is 19.1 Å². The second-order valence-corrected chi connectivity index (χ2v) is 6.78. The van der Waals surface area contributed by atoms with E-state index in [0.717, 1.165) is 36.0 Å². The maximum absolute atomic E-state index is 5.92. The van der Waals surface area contributed by atoms with Gasteiger partial charge in [-0.25, -0.2) is 4.98 Å². The summed E-state index contributed by atoms with van der Waals surface area (Å²) >= 11 is 0. The van der Waals surface area contributed by atoms with Crippen LogP contribution in [0.1, 0.15) is 23.1 Å². The first-order valence-electron chi connectivity index (χ1n) is 9.13. The van der Waals surface area contributed by atoms with E-state index >= 15 is 0 Å². The minimum absolute atomic E-state index is 0.00356. The van der Waals surface area contributed by atoms with Gasteiger partial charge < -0.3 is 19.4 Å². The van der Waals surface area contributed by atoms with Gasteiger partial charge in [-0.2, -0.15) is 5.10 Å². The number of morpholine rings is 1. The molecule has 1 saturated heterocycles. The zero-order chi connectivity index (χ0) is 18.8. The van der Waals surface area contributed by atoms with E-state index in [1.165, 1.54) is 5.69 Å². The number of nitrogens with zero attached hydrogens (tertiary/aromatic N) is 6. The van der Waals surface area contributed by atoms with Crippen LogP contribution in [0.3, 0.4) is 0 Å². The molecule has 4 rings (SSSR count). The van der Waals surface area contributed by atoms with Crippen molar-refractivity contribution in [3.8, 4) is 0 Å². The van der Waals surface area contributed by atoms with E-state index in [1.807, 2.05) is 38.6 Å². The van der Waals surface area contributed by atoms with Crippen molar-refractivity contribution in [1.82, 2.24) is 29.4 Å². The molecule has 0 saturated carbocycles. The molecule has 0 radical (unpaired) electrons. The van der Waals surface area contributed by atoms with Gasteiger partial charge in [-0.15, -0.1) is 0 Å². The fourth-order valence-corrected chi connectivity index (χ4v) is 3.44. The number of guanidine groups is 1. The predicted octanol–water partition coefficient (Wildman–Crippen LogP) is 1.53. The fourth-order valence-electron chi connectivity index (χ4n) is 3.44. The van der Waals surface area contributed by atoms with Crippen LogP contribution >= 0.6 is 0 Å².